The maximum absolute atomic E-state index is 12.4. The molecule has 20 heavy (non-hydrogen) atoms. The van der Waals surface area contributed by atoms with Crippen LogP contribution in [-0.2, 0) is 6.54 Å². The summed E-state index contributed by atoms with van der Waals surface area (Å²) >= 11 is 0. The molecule has 0 aliphatic heterocycles. The van der Waals surface area contributed by atoms with E-state index in [4.69, 9.17) is 5.73 Å². The molecule has 1 atom stereocenters. The highest BCUT2D eigenvalue weighted by molar-refractivity contribution is 5.94. The summed E-state index contributed by atoms with van der Waals surface area (Å²) in [6.07, 6.45) is 7.42. The Hall–Kier alpha value is -1.45. The molecule has 1 heterocycles. The first-order chi connectivity index (χ1) is 9.41. The number of rotatable bonds is 4. The van der Waals surface area contributed by atoms with Gasteiger partial charge in [0.2, 0.25) is 0 Å². The van der Waals surface area contributed by atoms with Crippen LogP contribution in [0.15, 0.2) is 12.3 Å². The van der Waals surface area contributed by atoms with Gasteiger partial charge in [-0.1, -0.05) is 27.2 Å². The van der Waals surface area contributed by atoms with Gasteiger partial charge in [0, 0.05) is 18.8 Å². The third-order valence-electron chi connectivity index (χ3n) is 4.16. The summed E-state index contributed by atoms with van der Waals surface area (Å²) in [6.45, 7) is 7.49. The van der Waals surface area contributed by atoms with Crippen molar-refractivity contribution in [2.75, 3.05) is 5.73 Å². The van der Waals surface area contributed by atoms with Crippen LogP contribution in [0, 0.1) is 5.41 Å². The smallest absolute Gasteiger partial charge is 0.268 e. The van der Waals surface area contributed by atoms with Gasteiger partial charge in [-0.25, -0.2) is 0 Å². The van der Waals surface area contributed by atoms with Crippen molar-refractivity contribution in [3.05, 3.63) is 18.0 Å². The van der Waals surface area contributed by atoms with Gasteiger partial charge in [0.05, 0.1) is 5.69 Å². The molecule has 1 unspecified atom stereocenters. The quantitative estimate of drug-likeness (QED) is 0.888. The van der Waals surface area contributed by atoms with E-state index in [1.165, 1.54) is 12.8 Å². The van der Waals surface area contributed by atoms with Crippen molar-refractivity contribution in [2.24, 2.45) is 5.41 Å². The number of nitrogens with zero attached hydrogens (tertiary/aromatic N) is 1. The molecule has 1 aliphatic carbocycles. The van der Waals surface area contributed by atoms with E-state index in [-0.39, 0.29) is 11.9 Å². The molecule has 1 amide bonds. The maximum atomic E-state index is 12.4. The Bertz CT molecular complexity index is 476. The Morgan fingerprint density at radius 2 is 2.30 bits per heavy atom. The van der Waals surface area contributed by atoms with Gasteiger partial charge in [0.25, 0.3) is 5.91 Å². The number of hydrogen-bond donors (Lipinski definition) is 2. The number of aryl methyl sites for hydroxylation is 1. The van der Waals surface area contributed by atoms with E-state index in [1.807, 2.05) is 10.8 Å². The fourth-order valence-corrected chi connectivity index (χ4v) is 3.23. The molecule has 0 spiro atoms. The van der Waals surface area contributed by atoms with Crippen LogP contribution >= 0.6 is 0 Å². The first-order valence-electron chi connectivity index (χ1n) is 7.68. The van der Waals surface area contributed by atoms with Crippen molar-refractivity contribution in [3.8, 4) is 0 Å². The topological polar surface area (TPSA) is 60.0 Å². The molecule has 0 radical (unpaired) electrons. The summed E-state index contributed by atoms with van der Waals surface area (Å²) < 4.78 is 1.96. The van der Waals surface area contributed by atoms with Gasteiger partial charge in [0.15, 0.2) is 0 Å². The molecule has 1 fully saturated rings. The maximum Gasteiger partial charge on any atom is 0.268 e. The van der Waals surface area contributed by atoms with Crippen molar-refractivity contribution >= 4 is 11.6 Å². The first kappa shape index (κ1) is 14.9. The Morgan fingerprint density at radius 1 is 1.55 bits per heavy atom. The van der Waals surface area contributed by atoms with Gasteiger partial charge in [-0.2, -0.15) is 0 Å². The lowest BCUT2D eigenvalue weighted by atomic mass is 9.75. The summed E-state index contributed by atoms with van der Waals surface area (Å²) in [7, 11) is 0. The molecule has 112 valence electrons. The van der Waals surface area contributed by atoms with Crippen LogP contribution in [0.25, 0.3) is 0 Å². The molecule has 1 aliphatic rings. The number of nitrogen functional groups attached to an aromatic ring is 1. The van der Waals surface area contributed by atoms with Gasteiger partial charge in [-0.05, 0) is 37.2 Å². The minimum Gasteiger partial charge on any atom is -0.397 e. The van der Waals surface area contributed by atoms with Crippen LogP contribution in [-0.4, -0.2) is 16.5 Å². The second-order valence-electron chi connectivity index (χ2n) is 6.78. The number of aromatic nitrogens is 1. The predicted molar refractivity (Wildman–Crippen MR) is 82.6 cm³/mol. The third kappa shape index (κ3) is 3.56. The van der Waals surface area contributed by atoms with E-state index in [0.717, 1.165) is 25.8 Å². The fourth-order valence-electron chi connectivity index (χ4n) is 3.23. The number of nitrogens with one attached hydrogen (secondary N) is 1. The van der Waals surface area contributed by atoms with Gasteiger partial charge >= 0.3 is 0 Å². The Kier molecular flexibility index (Phi) is 4.41. The van der Waals surface area contributed by atoms with Crippen LogP contribution in [0.2, 0.25) is 0 Å². The van der Waals surface area contributed by atoms with Gasteiger partial charge in [0.1, 0.15) is 5.69 Å². The Labute approximate surface area is 121 Å². The van der Waals surface area contributed by atoms with Crippen LogP contribution in [0.5, 0.6) is 0 Å². The van der Waals surface area contributed by atoms with Crippen LogP contribution in [0.1, 0.15) is 63.4 Å². The highest BCUT2D eigenvalue weighted by Gasteiger charge is 2.29. The third-order valence-corrected chi connectivity index (χ3v) is 4.16. The summed E-state index contributed by atoms with van der Waals surface area (Å²) in [5, 5.41) is 3.19. The molecule has 4 heteroatoms. The van der Waals surface area contributed by atoms with Crippen LogP contribution < -0.4 is 11.1 Å². The number of hydrogen-bond acceptors (Lipinski definition) is 2. The molecular weight excluding hydrogens is 250 g/mol. The zero-order valence-corrected chi connectivity index (χ0v) is 12.9. The number of anilines is 1. The monoisotopic (exact) mass is 277 g/mol. The SMILES string of the molecule is CCCn1cc(N)cc1C(=O)NC1CCCC(C)(C)C1. The van der Waals surface area contributed by atoms with Gasteiger partial charge in [-0.15, -0.1) is 0 Å². The van der Waals surface area contributed by atoms with Gasteiger partial charge < -0.3 is 15.6 Å². The largest absolute Gasteiger partial charge is 0.397 e. The average molecular weight is 277 g/mol. The standard InChI is InChI=1S/C16H27N3O/c1-4-8-19-11-12(17)9-14(19)15(20)18-13-6-5-7-16(2,3)10-13/h9,11,13H,4-8,10,17H2,1-3H3,(H,18,20). The predicted octanol–water partition coefficient (Wildman–Crippen LogP) is 3.18. The highest BCUT2D eigenvalue weighted by Crippen LogP contribution is 2.35. The molecule has 2 rings (SSSR count). The zero-order valence-electron chi connectivity index (χ0n) is 12.9. The van der Waals surface area contributed by atoms with Gasteiger partial charge in [-0.3, -0.25) is 4.79 Å². The highest BCUT2D eigenvalue weighted by atomic mass is 16.2. The second-order valence-corrected chi connectivity index (χ2v) is 6.78. The molecular formula is C16H27N3O. The van der Waals surface area contributed by atoms with Crippen molar-refractivity contribution in [1.82, 2.24) is 9.88 Å². The molecule has 1 aromatic heterocycles. The molecule has 1 saturated carbocycles. The fraction of sp³-hybridized carbons (Fsp3) is 0.688. The number of nitrogens with two attached hydrogens (primary N) is 1. The summed E-state index contributed by atoms with van der Waals surface area (Å²) in [5.74, 6) is 0.0119. The molecule has 0 bridgehead atoms. The van der Waals surface area contributed by atoms with E-state index in [9.17, 15) is 4.79 Å². The molecule has 1 aromatic rings. The number of carbonyl (C=O) groups excluding carboxylic acids is 1. The Balaban J connectivity index is 2.04. The number of amides is 1. The summed E-state index contributed by atoms with van der Waals surface area (Å²) in [5.41, 5.74) is 7.50. The molecule has 0 saturated heterocycles. The summed E-state index contributed by atoms with van der Waals surface area (Å²) in [6, 6.07) is 2.07. The zero-order chi connectivity index (χ0) is 14.8. The van der Waals surface area contributed by atoms with E-state index in [1.54, 1.807) is 6.07 Å². The lowest BCUT2D eigenvalue weighted by Gasteiger charge is -2.35. The Morgan fingerprint density at radius 3 is 2.95 bits per heavy atom. The van der Waals surface area contributed by atoms with Crippen LogP contribution in [0.4, 0.5) is 5.69 Å². The first-order valence-corrected chi connectivity index (χ1v) is 7.68. The molecule has 4 nitrogen and oxygen atoms in total. The number of carbonyl (C=O) groups is 1. The molecule has 0 aromatic carbocycles. The van der Waals surface area contributed by atoms with Crippen LogP contribution in [0.3, 0.4) is 0 Å². The molecule has 3 N–H and O–H groups in total. The van der Waals surface area contributed by atoms with Crippen molar-refractivity contribution in [1.29, 1.82) is 0 Å². The lowest BCUT2D eigenvalue weighted by Crippen LogP contribution is -2.41. The van der Waals surface area contributed by atoms with E-state index < -0.39 is 0 Å². The van der Waals surface area contributed by atoms with Crippen molar-refractivity contribution in [3.63, 3.8) is 0 Å². The van der Waals surface area contributed by atoms with E-state index >= 15 is 0 Å². The minimum absolute atomic E-state index is 0.0119. The van der Waals surface area contributed by atoms with E-state index in [2.05, 4.69) is 26.1 Å². The van der Waals surface area contributed by atoms with Crippen molar-refractivity contribution < 1.29 is 4.79 Å². The normalized spacial score (nSPS) is 21.6. The van der Waals surface area contributed by atoms with Crippen molar-refractivity contribution in [2.45, 2.75) is 65.5 Å². The second kappa shape index (κ2) is 5.90. The average Bonchev–Trinajstić information content (AvgIpc) is 2.69. The van der Waals surface area contributed by atoms with E-state index in [0.29, 0.717) is 16.8 Å². The minimum atomic E-state index is 0.0119. The lowest BCUT2D eigenvalue weighted by molar-refractivity contribution is 0.0893. The summed E-state index contributed by atoms with van der Waals surface area (Å²) in [4.78, 5) is 12.4.